The van der Waals surface area contributed by atoms with E-state index < -0.39 is 17.5 Å². The molecule has 3 aromatic rings. The van der Waals surface area contributed by atoms with E-state index in [1.807, 2.05) is 54.8 Å². The molecule has 0 spiro atoms. The number of ketones is 1. The van der Waals surface area contributed by atoms with Crippen LogP contribution in [0.1, 0.15) is 51.8 Å². The number of carbonyl (C=O) groups is 3. The molecule has 0 bridgehead atoms. The fourth-order valence-corrected chi connectivity index (χ4v) is 5.61. The molecule has 8 nitrogen and oxygen atoms in total. The molecular weight excluding hydrogens is 458 g/mol. The van der Waals surface area contributed by atoms with Crippen molar-refractivity contribution in [1.29, 1.82) is 0 Å². The summed E-state index contributed by atoms with van der Waals surface area (Å²) in [6.07, 6.45) is 3.11. The third-order valence-corrected chi connectivity index (χ3v) is 7.60. The maximum atomic E-state index is 13.5. The van der Waals surface area contributed by atoms with Crippen molar-refractivity contribution >= 4 is 17.7 Å². The highest BCUT2D eigenvalue weighted by molar-refractivity contribution is 6.11. The molecule has 1 unspecified atom stereocenters. The van der Waals surface area contributed by atoms with E-state index >= 15 is 0 Å². The van der Waals surface area contributed by atoms with Crippen molar-refractivity contribution in [2.45, 2.75) is 45.6 Å². The number of rotatable bonds is 5. The minimum absolute atomic E-state index is 0.183. The first-order valence-corrected chi connectivity index (χ1v) is 12.1. The number of hydrogen-bond donors (Lipinski definition) is 1. The number of aromatic nitrogens is 1. The Morgan fingerprint density at radius 2 is 1.78 bits per heavy atom. The highest BCUT2D eigenvalue weighted by Crippen LogP contribution is 2.36. The summed E-state index contributed by atoms with van der Waals surface area (Å²) in [5.74, 6) is 0.626. The molecule has 3 amide bonds. The van der Waals surface area contributed by atoms with E-state index in [4.69, 9.17) is 9.47 Å². The Balaban J connectivity index is 1.26. The second kappa shape index (κ2) is 7.98. The van der Waals surface area contributed by atoms with E-state index in [1.54, 1.807) is 13.0 Å². The summed E-state index contributed by atoms with van der Waals surface area (Å²) in [6, 6.07) is 12.8. The van der Waals surface area contributed by atoms with Crippen LogP contribution in [-0.4, -0.2) is 40.5 Å². The Labute approximate surface area is 208 Å². The zero-order valence-electron chi connectivity index (χ0n) is 20.5. The third kappa shape index (κ3) is 3.31. The predicted molar refractivity (Wildman–Crippen MR) is 132 cm³/mol. The van der Waals surface area contributed by atoms with E-state index in [-0.39, 0.29) is 19.1 Å². The van der Waals surface area contributed by atoms with Crippen molar-refractivity contribution in [3.63, 3.8) is 0 Å². The van der Waals surface area contributed by atoms with Crippen molar-refractivity contribution in [2.24, 2.45) is 0 Å². The zero-order chi connectivity index (χ0) is 25.2. The SMILES string of the molecule is Cc1cc(C(=O)CN2C(=O)NC(C)(c3ccc4c(c3)CCC4)C2=O)c(C)n1-c1ccc2c(c1)OCO2. The number of Topliss-reactive ketones (excluding diaryl/α,β-unsaturated/α-hetero) is 1. The highest BCUT2D eigenvalue weighted by Gasteiger charge is 2.49. The largest absolute Gasteiger partial charge is 0.454 e. The molecule has 1 N–H and O–H groups in total. The molecule has 1 fully saturated rings. The molecule has 36 heavy (non-hydrogen) atoms. The van der Waals surface area contributed by atoms with Crippen molar-refractivity contribution in [2.75, 3.05) is 13.3 Å². The Morgan fingerprint density at radius 3 is 2.61 bits per heavy atom. The average molecular weight is 486 g/mol. The van der Waals surface area contributed by atoms with Crippen LogP contribution in [-0.2, 0) is 23.2 Å². The standard InChI is InChI=1S/C28H27N3O5/c1-16-11-22(17(2)31(16)21-9-10-24-25(13-21)36-15-35-24)23(32)14-30-26(33)28(3,29-27(30)34)20-8-7-18-5-4-6-19(18)12-20/h7-13H,4-6,14-15H2,1-3H3,(H,29,34). The van der Waals surface area contributed by atoms with Gasteiger partial charge in [-0.05, 0) is 74.9 Å². The van der Waals surface area contributed by atoms with Crippen LogP contribution in [0.4, 0.5) is 4.79 Å². The Bertz CT molecular complexity index is 1460. The average Bonchev–Trinajstić information content (AvgIpc) is 3.62. The fourth-order valence-electron chi connectivity index (χ4n) is 5.61. The van der Waals surface area contributed by atoms with Crippen molar-refractivity contribution < 1.29 is 23.9 Å². The lowest BCUT2D eigenvalue weighted by Gasteiger charge is -2.23. The number of urea groups is 1. The van der Waals surface area contributed by atoms with Gasteiger partial charge in [0.1, 0.15) is 5.54 Å². The lowest BCUT2D eigenvalue weighted by Crippen LogP contribution is -2.41. The molecule has 2 aromatic carbocycles. The number of carbonyl (C=O) groups excluding carboxylic acids is 3. The number of amides is 3. The van der Waals surface area contributed by atoms with Gasteiger partial charge in [0, 0.05) is 28.7 Å². The molecule has 1 aliphatic carbocycles. The monoisotopic (exact) mass is 485 g/mol. The molecule has 3 aliphatic rings. The van der Waals surface area contributed by atoms with Crippen LogP contribution < -0.4 is 14.8 Å². The number of aryl methyl sites for hydroxylation is 3. The maximum absolute atomic E-state index is 13.5. The van der Waals surface area contributed by atoms with E-state index in [2.05, 4.69) is 5.32 Å². The number of fused-ring (bicyclic) bond motifs is 2. The molecule has 1 aromatic heterocycles. The molecular formula is C28H27N3O5. The van der Waals surface area contributed by atoms with E-state index in [0.29, 0.717) is 17.1 Å². The molecule has 0 radical (unpaired) electrons. The van der Waals surface area contributed by atoms with Crippen LogP contribution >= 0.6 is 0 Å². The molecule has 0 saturated carbocycles. The van der Waals surface area contributed by atoms with Gasteiger partial charge in [0.15, 0.2) is 17.3 Å². The first-order chi connectivity index (χ1) is 17.3. The zero-order valence-corrected chi connectivity index (χ0v) is 20.5. The number of imide groups is 1. The van der Waals surface area contributed by atoms with Gasteiger partial charge >= 0.3 is 6.03 Å². The van der Waals surface area contributed by atoms with E-state index in [1.165, 1.54) is 11.1 Å². The summed E-state index contributed by atoms with van der Waals surface area (Å²) in [5, 5.41) is 2.83. The summed E-state index contributed by atoms with van der Waals surface area (Å²) in [5.41, 5.74) is 4.96. The lowest BCUT2D eigenvalue weighted by atomic mass is 9.89. The number of hydrogen-bond acceptors (Lipinski definition) is 5. The van der Waals surface area contributed by atoms with Crippen molar-refractivity contribution in [3.8, 4) is 17.2 Å². The molecule has 1 atom stereocenters. The van der Waals surface area contributed by atoms with Crippen molar-refractivity contribution in [3.05, 3.63) is 76.1 Å². The Hall–Kier alpha value is -4.07. The van der Waals surface area contributed by atoms with Crippen LogP contribution in [0, 0.1) is 13.8 Å². The van der Waals surface area contributed by atoms with Crippen LogP contribution in [0.25, 0.3) is 5.69 Å². The number of nitrogens with one attached hydrogen (secondary N) is 1. The van der Waals surface area contributed by atoms with Gasteiger partial charge in [-0.1, -0.05) is 18.2 Å². The van der Waals surface area contributed by atoms with Gasteiger partial charge in [-0.25, -0.2) is 4.79 Å². The van der Waals surface area contributed by atoms with Crippen LogP contribution in [0.3, 0.4) is 0 Å². The molecule has 3 heterocycles. The fraction of sp³-hybridized carbons (Fsp3) is 0.321. The molecule has 2 aliphatic heterocycles. The summed E-state index contributed by atoms with van der Waals surface area (Å²) >= 11 is 0. The smallest absolute Gasteiger partial charge is 0.325 e. The first kappa shape index (κ1) is 22.4. The second-order valence-corrected chi connectivity index (χ2v) is 9.86. The van der Waals surface area contributed by atoms with Gasteiger partial charge in [-0.15, -0.1) is 0 Å². The molecule has 1 saturated heterocycles. The van der Waals surface area contributed by atoms with Gasteiger partial charge in [0.25, 0.3) is 5.91 Å². The minimum atomic E-state index is -1.20. The quantitative estimate of drug-likeness (QED) is 0.437. The lowest BCUT2D eigenvalue weighted by molar-refractivity contribution is -0.130. The normalized spacial score (nSPS) is 20.1. The Kier molecular flexibility index (Phi) is 4.96. The Morgan fingerprint density at radius 1 is 1.00 bits per heavy atom. The number of nitrogens with zero attached hydrogens (tertiary/aromatic N) is 2. The predicted octanol–water partition coefficient (Wildman–Crippen LogP) is 3.96. The third-order valence-electron chi connectivity index (χ3n) is 7.60. The summed E-state index contributed by atoms with van der Waals surface area (Å²) in [4.78, 5) is 40.7. The minimum Gasteiger partial charge on any atom is -0.454 e. The van der Waals surface area contributed by atoms with Crippen molar-refractivity contribution in [1.82, 2.24) is 14.8 Å². The number of ether oxygens (including phenoxy) is 2. The summed E-state index contributed by atoms with van der Waals surface area (Å²) < 4.78 is 12.8. The molecule has 184 valence electrons. The van der Waals surface area contributed by atoms with E-state index in [9.17, 15) is 14.4 Å². The highest BCUT2D eigenvalue weighted by atomic mass is 16.7. The summed E-state index contributed by atoms with van der Waals surface area (Å²) in [6.45, 7) is 5.33. The van der Waals surface area contributed by atoms with Gasteiger partial charge in [0.05, 0.1) is 6.54 Å². The van der Waals surface area contributed by atoms with Gasteiger partial charge in [-0.2, -0.15) is 0 Å². The summed E-state index contributed by atoms with van der Waals surface area (Å²) in [7, 11) is 0. The topological polar surface area (TPSA) is 89.9 Å². The van der Waals surface area contributed by atoms with Crippen LogP contribution in [0.2, 0.25) is 0 Å². The maximum Gasteiger partial charge on any atom is 0.325 e. The van der Waals surface area contributed by atoms with Crippen LogP contribution in [0.5, 0.6) is 11.5 Å². The van der Waals surface area contributed by atoms with Gasteiger partial charge < -0.3 is 19.4 Å². The second-order valence-electron chi connectivity index (χ2n) is 9.86. The van der Waals surface area contributed by atoms with E-state index in [0.717, 1.165) is 46.8 Å². The molecule has 6 rings (SSSR count). The first-order valence-electron chi connectivity index (χ1n) is 12.1. The van der Waals surface area contributed by atoms with Gasteiger partial charge in [-0.3, -0.25) is 14.5 Å². The number of benzene rings is 2. The van der Waals surface area contributed by atoms with Crippen LogP contribution in [0.15, 0.2) is 42.5 Å². The molecule has 8 heteroatoms. The van der Waals surface area contributed by atoms with Gasteiger partial charge in [0.2, 0.25) is 6.79 Å².